The highest BCUT2D eigenvalue weighted by atomic mass is 16.6. The fourth-order valence-electron chi connectivity index (χ4n) is 2.10. The van der Waals surface area contributed by atoms with Crippen LogP contribution in [0.1, 0.15) is 20.7 Å². The zero-order valence-electron chi connectivity index (χ0n) is 12.4. The molecule has 1 aliphatic heterocycles. The summed E-state index contributed by atoms with van der Waals surface area (Å²) in [6, 6.07) is 17.5. The molecule has 0 spiro atoms. The molecule has 23 heavy (non-hydrogen) atoms. The summed E-state index contributed by atoms with van der Waals surface area (Å²) in [7, 11) is 0. The minimum Gasteiger partial charge on any atom is -0.459 e. The molecule has 2 aromatic rings. The van der Waals surface area contributed by atoms with Crippen LogP contribution < -0.4 is 0 Å². The molecule has 1 fully saturated rings. The van der Waals surface area contributed by atoms with Crippen molar-refractivity contribution in [2.24, 2.45) is 0 Å². The van der Waals surface area contributed by atoms with Gasteiger partial charge in [0.1, 0.15) is 25.4 Å². The zero-order chi connectivity index (χ0) is 16.1. The van der Waals surface area contributed by atoms with Gasteiger partial charge in [-0.3, -0.25) is 0 Å². The Hall–Kier alpha value is -2.66. The van der Waals surface area contributed by atoms with Gasteiger partial charge >= 0.3 is 11.9 Å². The van der Waals surface area contributed by atoms with E-state index in [1.165, 1.54) is 0 Å². The first-order valence-electron chi connectivity index (χ1n) is 7.34. The number of rotatable bonds is 6. The molecule has 0 bridgehead atoms. The van der Waals surface area contributed by atoms with E-state index in [1.807, 2.05) is 12.1 Å². The van der Waals surface area contributed by atoms with Crippen molar-refractivity contribution in [2.75, 3.05) is 13.2 Å². The topological polar surface area (TPSA) is 65.1 Å². The van der Waals surface area contributed by atoms with Crippen molar-refractivity contribution < 1.29 is 23.8 Å². The highest BCUT2D eigenvalue weighted by Crippen LogP contribution is 2.23. The second-order valence-corrected chi connectivity index (χ2v) is 5.14. The lowest BCUT2D eigenvalue weighted by Gasteiger charge is -2.03. The quantitative estimate of drug-likeness (QED) is 0.605. The third-order valence-electron chi connectivity index (χ3n) is 3.46. The fourth-order valence-corrected chi connectivity index (χ4v) is 2.10. The zero-order valence-corrected chi connectivity index (χ0v) is 12.4. The van der Waals surface area contributed by atoms with Crippen LogP contribution in [0, 0.1) is 0 Å². The summed E-state index contributed by atoms with van der Waals surface area (Å²) < 4.78 is 15.7. The molecule has 0 saturated carbocycles. The maximum absolute atomic E-state index is 11.8. The minimum absolute atomic E-state index is 0.154. The number of hydrogen-bond acceptors (Lipinski definition) is 5. The van der Waals surface area contributed by atoms with E-state index in [9.17, 15) is 9.59 Å². The predicted octanol–water partition coefficient (Wildman–Crippen LogP) is 2.47. The Balaban J connectivity index is 1.37. The van der Waals surface area contributed by atoms with E-state index in [0.29, 0.717) is 11.1 Å². The van der Waals surface area contributed by atoms with Gasteiger partial charge in [-0.25, -0.2) is 9.59 Å². The Labute approximate surface area is 133 Å². The van der Waals surface area contributed by atoms with E-state index in [4.69, 9.17) is 14.2 Å². The van der Waals surface area contributed by atoms with Gasteiger partial charge in [0.25, 0.3) is 0 Å². The Kier molecular flexibility index (Phi) is 4.68. The molecule has 3 rings (SSSR count). The summed E-state index contributed by atoms with van der Waals surface area (Å²) in [4.78, 5) is 23.5. The third kappa shape index (κ3) is 4.17. The van der Waals surface area contributed by atoms with Crippen LogP contribution >= 0.6 is 0 Å². The molecule has 0 aliphatic carbocycles. The van der Waals surface area contributed by atoms with Crippen molar-refractivity contribution >= 4 is 11.9 Å². The van der Waals surface area contributed by atoms with Gasteiger partial charge in [-0.15, -0.1) is 0 Å². The molecule has 2 aromatic carbocycles. The van der Waals surface area contributed by atoms with Gasteiger partial charge in [0.05, 0.1) is 11.1 Å². The number of carbonyl (C=O) groups excluding carboxylic acids is 2. The summed E-state index contributed by atoms with van der Waals surface area (Å²) in [5.74, 6) is -0.776. The van der Waals surface area contributed by atoms with Crippen LogP contribution in [0.15, 0.2) is 60.7 Å². The predicted molar refractivity (Wildman–Crippen MR) is 82.1 cm³/mol. The first-order chi connectivity index (χ1) is 11.2. The second kappa shape index (κ2) is 7.07. The van der Waals surface area contributed by atoms with Crippen molar-refractivity contribution in [2.45, 2.75) is 12.2 Å². The molecule has 0 amide bonds. The van der Waals surface area contributed by atoms with Crippen LogP contribution in [-0.4, -0.2) is 37.4 Å². The van der Waals surface area contributed by atoms with E-state index < -0.39 is 0 Å². The monoisotopic (exact) mass is 312 g/mol. The van der Waals surface area contributed by atoms with Crippen molar-refractivity contribution in [1.29, 1.82) is 0 Å². The van der Waals surface area contributed by atoms with Gasteiger partial charge in [-0.05, 0) is 24.3 Å². The molecule has 1 heterocycles. The van der Waals surface area contributed by atoms with Crippen LogP contribution in [0.2, 0.25) is 0 Å². The van der Waals surface area contributed by atoms with E-state index in [-0.39, 0.29) is 37.4 Å². The number of carbonyl (C=O) groups is 2. The van der Waals surface area contributed by atoms with E-state index in [2.05, 4.69) is 0 Å². The first kappa shape index (κ1) is 15.2. The van der Waals surface area contributed by atoms with Crippen LogP contribution in [-0.2, 0) is 14.2 Å². The van der Waals surface area contributed by atoms with Crippen molar-refractivity contribution in [1.82, 2.24) is 0 Å². The normalized spacial score (nSPS) is 19.0. The number of esters is 2. The van der Waals surface area contributed by atoms with Crippen LogP contribution in [0.4, 0.5) is 0 Å². The molecular formula is C18H16O5. The van der Waals surface area contributed by atoms with Gasteiger partial charge in [0.2, 0.25) is 0 Å². The van der Waals surface area contributed by atoms with Crippen molar-refractivity contribution in [3.8, 4) is 0 Å². The van der Waals surface area contributed by atoms with Crippen LogP contribution in [0.25, 0.3) is 0 Å². The Morgan fingerprint density at radius 2 is 1.13 bits per heavy atom. The highest BCUT2D eigenvalue weighted by molar-refractivity contribution is 5.89. The van der Waals surface area contributed by atoms with Crippen molar-refractivity contribution in [3.63, 3.8) is 0 Å². The maximum atomic E-state index is 11.8. The Bertz CT molecular complexity index is 609. The highest BCUT2D eigenvalue weighted by Gasteiger charge is 2.41. The van der Waals surface area contributed by atoms with Gasteiger partial charge in [-0.1, -0.05) is 36.4 Å². The number of benzene rings is 2. The van der Waals surface area contributed by atoms with Gasteiger partial charge in [0, 0.05) is 0 Å². The molecule has 2 atom stereocenters. The van der Waals surface area contributed by atoms with Gasteiger partial charge in [-0.2, -0.15) is 0 Å². The fraction of sp³-hybridized carbons (Fsp3) is 0.222. The van der Waals surface area contributed by atoms with Crippen LogP contribution in [0.3, 0.4) is 0 Å². The maximum Gasteiger partial charge on any atom is 0.338 e. The van der Waals surface area contributed by atoms with Gasteiger partial charge < -0.3 is 14.2 Å². The summed E-state index contributed by atoms with van der Waals surface area (Å²) in [6.45, 7) is 0.308. The Morgan fingerprint density at radius 1 is 0.739 bits per heavy atom. The lowest BCUT2D eigenvalue weighted by atomic mass is 10.2. The molecule has 0 radical (unpaired) electrons. The lowest BCUT2D eigenvalue weighted by Crippen LogP contribution is -2.15. The molecule has 118 valence electrons. The largest absolute Gasteiger partial charge is 0.459 e. The SMILES string of the molecule is O=C(OC[C@@H]1O[C@@H]1COC(=O)c1ccccc1)c1ccccc1. The smallest absolute Gasteiger partial charge is 0.338 e. The number of ether oxygens (including phenoxy) is 3. The minimum atomic E-state index is -0.388. The summed E-state index contributed by atoms with van der Waals surface area (Å²) in [5.41, 5.74) is 1.00. The van der Waals surface area contributed by atoms with Crippen molar-refractivity contribution in [3.05, 3.63) is 71.8 Å². The lowest BCUT2D eigenvalue weighted by molar-refractivity contribution is 0.0464. The second-order valence-electron chi connectivity index (χ2n) is 5.14. The molecule has 5 heteroatoms. The number of epoxide rings is 1. The van der Waals surface area contributed by atoms with Gasteiger partial charge in [0.15, 0.2) is 0 Å². The standard InChI is InChI=1S/C18H16O5/c19-17(13-7-3-1-4-8-13)21-11-15-16(23-15)12-22-18(20)14-9-5-2-6-10-14/h1-10,15-16H,11-12H2/t15-,16+. The number of hydrogen-bond donors (Lipinski definition) is 0. The Morgan fingerprint density at radius 3 is 1.52 bits per heavy atom. The average molecular weight is 312 g/mol. The molecule has 1 saturated heterocycles. The molecule has 5 nitrogen and oxygen atoms in total. The summed E-state index contributed by atoms with van der Waals surface area (Å²) >= 11 is 0. The van der Waals surface area contributed by atoms with E-state index in [0.717, 1.165) is 0 Å². The molecule has 0 aromatic heterocycles. The summed E-state index contributed by atoms with van der Waals surface area (Å²) in [5, 5.41) is 0. The molecule has 0 N–H and O–H groups in total. The third-order valence-corrected chi connectivity index (χ3v) is 3.46. The molecule has 0 unspecified atom stereocenters. The average Bonchev–Trinajstić information content (AvgIpc) is 3.37. The van der Waals surface area contributed by atoms with E-state index >= 15 is 0 Å². The first-order valence-corrected chi connectivity index (χ1v) is 7.34. The van der Waals surface area contributed by atoms with E-state index in [1.54, 1.807) is 48.5 Å². The molecular weight excluding hydrogens is 296 g/mol. The summed E-state index contributed by atoms with van der Waals surface area (Å²) in [6.07, 6.45) is -0.433. The van der Waals surface area contributed by atoms with Crippen LogP contribution in [0.5, 0.6) is 0 Å². The molecule has 1 aliphatic rings.